The zero-order valence-electron chi connectivity index (χ0n) is 12.4. The highest BCUT2D eigenvalue weighted by Crippen LogP contribution is 2.17. The third-order valence-corrected chi connectivity index (χ3v) is 2.85. The molecule has 7 heteroatoms. The molecule has 0 fully saturated rings. The van der Waals surface area contributed by atoms with Crippen LogP contribution in [0.25, 0.3) is 0 Å². The molecule has 0 spiro atoms. The van der Waals surface area contributed by atoms with Crippen molar-refractivity contribution in [2.75, 3.05) is 58.1 Å². The second-order valence-electron chi connectivity index (χ2n) is 4.55. The third kappa shape index (κ3) is 6.52. The van der Waals surface area contributed by atoms with E-state index in [0.29, 0.717) is 32.0 Å². The number of nitrogen functional groups attached to an aromatic ring is 1. The quantitative estimate of drug-likeness (QED) is 0.664. The number of hydrogen-bond acceptors (Lipinski definition) is 5. The molecule has 0 atom stereocenters. The van der Waals surface area contributed by atoms with Crippen molar-refractivity contribution in [3.8, 4) is 0 Å². The average Bonchev–Trinajstić information content (AvgIpc) is 2.45. The second-order valence-corrected chi connectivity index (χ2v) is 4.55. The van der Waals surface area contributed by atoms with Gasteiger partial charge in [0, 0.05) is 33.0 Å². The van der Waals surface area contributed by atoms with E-state index in [1.807, 2.05) is 4.90 Å². The highest BCUT2D eigenvalue weighted by Gasteiger charge is 2.12. The normalized spacial score (nSPS) is 10.9. The van der Waals surface area contributed by atoms with E-state index in [0.717, 1.165) is 0 Å². The predicted octanol–water partition coefficient (Wildman–Crippen LogP) is 0.941. The van der Waals surface area contributed by atoms with E-state index >= 15 is 0 Å². The van der Waals surface area contributed by atoms with Gasteiger partial charge in [-0.2, -0.15) is 0 Å². The van der Waals surface area contributed by atoms with Gasteiger partial charge in [0.1, 0.15) is 5.82 Å². The summed E-state index contributed by atoms with van der Waals surface area (Å²) in [7, 11) is 3.19. The Balaban J connectivity index is 2.57. The Bertz CT molecular complexity index is 449. The number of halogens is 1. The lowest BCUT2D eigenvalue weighted by Gasteiger charge is -2.21. The summed E-state index contributed by atoms with van der Waals surface area (Å²) in [4.78, 5) is 13.8. The summed E-state index contributed by atoms with van der Waals surface area (Å²) in [5, 5.41) is 2.52. The van der Waals surface area contributed by atoms with Crippen molar-refractivity contribution in [1.82, 2.24) is 4.90 Å². The molecule has 21 heavy (non-hydrogen) atoms. The Morgan fingerprint density at radius 2 is 1.90 bits per heavy atom. The van der Waals surface area contributed by atoms with E-state index < -0.39 is 5.82 Å². The molecule has 118 valence electrons. The molecule has 0 bridgehead atoms. The van der Waals surface area contributed by atoms with Crippen LogP contribution in [0.4, 0.5) is 15.8 Å². The molecule has 0 heterocycles. The molecule has 1 rings (SSSR count). The van der Waals surface area contributed by atoms with Gasteiger partial charge in [-0.25, -0.2) is 4.39 Å². The molecule has 0 aliphatic carbocycles. The molecule has 6 nitrogen and oxygen atoms in total. The molecule has 0 aliphatic rings. The molecule has 1 aromatic rings. The van der Waals surface area contributed by atoms with Crippen molar-refractivity contribution in [2.45, 2.75) is 0 Å². The van der Waals surface area contributed by atoms with Crippen LogP contribution in [-0.4, -0.2) is 57.9 Å². The van der Waals surface area contributed by atoms with Crippen molar-refractivity contribution in [1.29, 1.82) is 0 Å². The van der Waals surface area contributed by atoms with E-state index in [-0.39, 0.29) is 18.1 Å². The maximum Gasteiger partial charge on any atom is 0.238 e. The number of methoxy groups -OCH3 is 2. The van der Waals surface area contributed by atoms with Crippen LogP contribution in [-0.2, 0) is 14.3 Å². The number of rotatable bonds is 9. The van der Waals surface area contributed by atoms with Gasteiger partial charge in [0.15, 0.2) is 0 Å². The summed E-state index contributed by atoms with van der Waals surface area (Å²) in [5.74, 6) is -0.829. The van der Waals surface area contributed by atoms with Crippen LogP contribution in [0.1, 0.15) is 0 Å². The van der Waals surface area contributed by atoms with E-state index in [4.69, 9.17) is 15.2 Å². The van der Waals surface area contributed by atoms with Gasteiger partial charge in [-0.1, -0.05) is 0 Å². The first-order valence-electron chi connectivity index (χ1n) is 6.62. The Labute approximate surface area is 124 Å². The number of benzene rings is 1. The number of nitrogens with two attached hydrogens (primary N) is 1. The number of ether oxygens (including phenoxy) is 2. The molecule has 1 aromatic carbocycles. The zero-order chi connectivity index (χ0) is 15.7. The fourth-order valence-electron chi connectivity index (χ4n) is 1.74. The Morgan fingerprint density at radius 1 is 1.29 bits per heavy atom. The standard InChI is InChI=1S/C14H22FN3O3/c1-20-7-5-18(6-8-21-2)10-14(19)17-13-9-11(16)3-4-12(13)15/h3-4,9H,5-8,10,16H2,1-2H3,(H,17,19). The average molecular weight is 299 g/mol. The molecular formula is C14H22FN3O3. The Kier molecular flexibility index (Phi) is 7.66. The van der Waals surface area contributed by atoms with Crippen LogP contribution in [0.15, 0.2) is 18.2 Å². The minimum atomic E-state index is -0.516. The third-order valence-electron chi connectivity index (χ3n) is 2.85. The minimum absolute atomic E-state index is 0.0819. The maximum atomic E-state index is 13.5. The lowest BCUT2D eigenvalue weighted by atomic mass is 10.2. The summed E-state index contributed by atoms with van der Waals surface area (Å²) in [6.45, 7) is 2.31. The topological polar surface area (TPSA) is 76.8 Å². The van der Waals surface area contributed by atoms with Crippen LogP contribution in [0.3, 0.4) is 0 Å². The van der Waals surface area contributed by atoms with E-state index in [9.17, 15) is 9.18 Å². The molecule has 3 N–H and O–H groups in total. The monoisotopic (exact) mass is 299 g/mol. The van der Waals surface area contributed by atoms with Crippen molar-refractivity contribution < 1.29 is 18.7 Å². The SMILES string of the molecule is COCCN(CCOC)CC(=O)Nc1cc(N)ccc1F. The first-order valence-corrected chi connectivity index (χ1v) is 6.62. The van der Waals surface area contributed by atoms with Crippen LogP contribution >= 0.6 is 0 Å². The van der Waals surface area contributed by atoms with E-state index in [2.05, 4.69) is 5.32 Å². The molecule has 0 unspecified atom stereocenters. The summed E-state index contributed by atoms with van der Waals surface area (Å²) in [5.41, 5.74) is 6.05. The lowest BCUT2D eigenvalue weighted by molar-refractivity contribution is -0.117. The molecule has 0 aliphatic heterocycles. The van der Waals surface area contributed by atoms with Crippen LogP contribution < -0.4 is 11.1 Å². The highest BCUT2D eigenvalue weighted by molar-refractivity contribution is 5.92. The van der Waals surface area contributed by atoms with Crippen molar-refractivity contribution in [3.05, 3.63) is 24.0 Å². The zero-order valence-corrected chi connectivity index (χ0v) is 12.4. The van der Waals surface area contributed by atoms with Gasteiger partial charge in [0.05, 0.1) is 25.4 Å². The maximum absolute atomic E-state index is 13.5. The first-order chi connectivity index (χ1) is 10.1. The van der Waals surface area contributed by atoms with Gasteiger partial charge in [-0.3, -0.25) is 9.69 Å². The predicted molar refractivity (Wildman–Crippen MR) is 79.6 cm³/mol. The largest absolute Gasteiger partial charge is 0.399 e. The van der Waals surface area contributed by atoms with Crippen molar-refractivity contribution >= 4 is 17.3 Å². The van der Waals surface area contributed by atoms with Gasteiger partial charge in [0.2, 0.25) is 5.91 Å². The summed E-state index contributed by atoms with van der Waals surface area (Å²) < 4.78 is 23.5. The second kappa shape index (κ2) is 9.28. The number of nitrogens with zero attached hydrogens (tertiary/aromatic N) is 1. The van der Waals surface area contributed by atoms with Gasteiger partial charge in [-0.05, 0) is 18.2 Å². The van der Waals surface area contributed by atoms with Crippen LogP contribution in [0.2, 0.25) is 0 Å². The number of carbonyl (C=O) groups excluding carboxylic acids is 1. The molecule has 0 saturated carbocycles. The van der Waals surface area contributed by atoms with E-state index in [1.54, 1.807) is 14.2 Å². The van der Waals surface area contributed by atoms with E-state index in [1.165, 1.54) is 18.2 Å². The summed E-state index contributed by atoms with van der Waals surface area (Å²) in [6.07, 6.45) is 0. The molecule has 0 radical (unpaired) electrons. The lowest BCUT2D eigenvalue weighted by Crippen LogP contribution is -2.37. The van der Waals surface area contributed by atoms with Gasteiger partial charge >= 0.3 is 0 Å². The van der Waals surface area contributed by atoms with Gasteiger partial charge in [-0.15, -0.1) is 0 Å². The van der Waals surface area contributed by atoms with Gasteiger partial charge < -0.3 is 20.5 Å². The van der Waals surface area contributed by atoms with Crippen molar-refractivity contribution in [3.63, 3.8) is 0 Å². The number of amides is 1. The van der Waals surface area contributed by atoms with Crippen LogP contribution in [0.5, 0.6) is 0 Å². The Morgan fingerprint density at radius 3 is 2.48 bits per heavy atom. The first kappa shape index (κ1) is 17.4. The molecule has 0 saturated heterocycles. The van der Waals surface area contributed by atoms with Crippen molar-refractivity contribution in [2.24, 2.45) is 0 Å². The van der Waals surface area contributed by atoms with Crippen LogP contribution in [0, 0.1) is 5.82 Å². The number of carbonyl (C=O) groups is 1. The fraction of sp³-hybridized carbons (Fsp3) is 0.500. The smallest absolute Gasteiger partial charge is 0.238 e. The minimum Gasteiger partial charge on any atom is -0.399 e. The van der Waals surface area contributed by atoms with Gasteiger partial charge in [0.25, 0.3) is 0 Å². The fourth-order valence-corrected chi connectivity index (χ4v) is 1.74. The number of hydrogen-bond donors (Lipinski definition) is 2. The Hall–Kier alpha value is -1.70. The summed E-state index contributed by atoms with van der Waals surface area (Å²) >= 11 is 0. The summed E-state index contributed by atoms with van der Waals surface area (Å²) in [6, 6.07) is 4.05. The number of anilines is 2. The molecule has 0 aromatic heterocycles. The number of nitrogens with one attached hydrogen (secondary N) is 1. The molecule has 1 amide bonds. The highest BCUT2D eigenvalue weighted by atomic mass is 19.1. The molecular weight excluding hydrogens is 277 g/mol.